The topological polar surface area (TPSA) is 71.8 Å². The number of rotatable bonds is 2. The van der Waals surface area contributed by atoms with Crippen LogP contribution in [0.3, 0.4) is 0 Å². The molecule has 0 amide bonds. The van der Waals surface area contributed by atoms with Crippen LogP contribution in [0, 0.1) is 0 Å². The van der Waals surface area contributed by atoms with E-state index in [0.29, 0.717) is 11.7 Å². The maximum Gasteiger partial charge on any atom is 0.198 e. The quantitative estimate of drug-likeness (QED) is 0.723. The lowest BCUT2D eigenvalue weighted by Crippen LogP contribution is -1.94. The van der Waals surface area contributed by atoms with E-state index in [2.05, 4.69) is 51.7 Å². The first kappa shape index (κ1) is 9.95. The highest BCUT2D eigenvalue weighted by Crippen LogP contribution is 2.20. The molecule has 6 heteroatoms. The molecule has 17 heavy (non-hydrogen) atoms. The molecule has 0 radical (unpaired) electrons. The number of aromatic amines is 1. The van der Waals surface area contributed by atoms with Gasteiger partial charge in [-0.25, -0.2) is 10.1 Å². The number of hydrogen-bond acceptors (Lipinski definition) is 4. The summed E-state index contributed by atoms with van der Waals surface area (Å²) in [6.45, 7) is 4.32. The molecule has 3 rings (SSSR count). The Bertz CT molecular complexity index is 637. The molecule has 0 atom stereocenters. The normalized spacial score (nSPS) is 11.5. The first-order valence-electron chi connectivity index (χ1n) is 5.47. The zero-order valence-electron chi connectivity index (χ0n) is 9.62. The monoisotopic (exact) mass is 228 g/mol. The van der Waals surface area contributed by atoms with Crippen LogP contribution in [0.25, 0.3) is 17.2 Å². The van der Waals surface area contributed by atoms with E-state index in [9.17, 15) is 0 Å². The van der Waals surface area contributed by atoms with Crippen molar-refractivity contribution in [2.45, 2.75) is 19.8 Å². The summed E-state index contributed by atoms with van der Waals surface area (Å²) in [4.78, 5) is 4.32. The van der Waals surface area contributed by atoms with Gasteiger partial charge in [0.05, 0.1) is 6.20 Å². The first-order valence-corrected chi connectivity index (χ1v) is 5.47. The lowest BCUT2D eigenvalue weighted by Gasteiger charge is -2.06. The minimum atomic E-state index is 0.475. The summed E-state index contributed by atoms with van der Waals surface area (Å²) in [6, 6.07) is 4.10. The molecular weight excluding hydrogens is 216 g/mol. The number of tetrazole rings is 1. The lowest BCUT2D eigenvalue weighted by molar-refractivity contribution is 0.854. The van der Waals surface area contributed by atoms with Crippen LogP contribution in [-0.4, -0.2) is 30.0 Å². The predicted molar refractivity (Wildman–Crippen MR) is 62.5 cm³/mol. The largest absolute Gasteiger partial charge is 0.297 e. The van der Waals surface area contributed by atoms with E-state index in [4.69, 9.17) is 0 Å². The second kappa shape index (κ2) is 3.65. The molecule has 3 heterocycles. The predicted octanol–water partition coefficient (Wildman–Crippen LogP) is 1.64. The number of nitrogens with one attached hydrogen (secondary N) is 1. The average Bonchev–Trinajstić information content (AvgIpc) is 2.96. The molecule has 0 saturated carbocycles. The standard InChI is InChI=1S/C11H12N6/c1-7(2)8-3-4-10-12-5-9(17(10)6-8)11-13-15-16-14-11/h3-7H,1-2H3,(H,13,14,15,16). The van der Waals surface area contributed by atoms with Gasteiger partial charge in [0.1, 0.15) is 11.3 Å². The summed E-state index contributed by atoms with van der Waals surface area (Å²) in [7, 11) is 0. The molecule has 0 aromatic carbocycles. The van der Waals surface area contributed by atoms with Crippen LogP contribution in [0.1, 0.15) is 25.3 Å². The van der Waals surface area contributed by atoms with Crippen molar-refractivity contribution >= 4 is 5.65 Å². The van der Waals surface area contributed by atoms with Crippen molar-refractivity contribution < 1.29 is 0 Å². The van der Waals surface area contributed by atoms with Gasteiger partial charge < -0.3 is 0 Å². The van der Waals surface area contributed by atoms with Crippen LogP contribution in [-0.2, 0) is 0 Å². The Balaban J connectivity index is 2.23. The van der Waals surface area contributed by atoms with Gasteiger partial charge >= 0.3 is 0 Å². The lowest BCUT2D eigenvalue weighted by atomic mass is 10.1. The van der Waals surface area contributed by atoms with Crippen molar-refractivity contribution in [3.05, 3.63) is 30.1 Å². The van der Waals surface area contributed by atoms with Gasteiger partial charge in [-0.3, -0.25) is 4.40 Å². The van der Waals surface area contributed by atoms with Gasteiger partial charge in [-0.1, -0.05) is 19.9 Å². The van der Waals surface area contributed by atoms with E-state index in [0.717, 1.165) is 11.3 Å². The van der Waals surface area contributed by atoms with E-state index in [1.54, 1.807) is 6.20 Å². The average molecular weight is 228 g/mol. The number of H-pyrrole nitrogens is 1. The number of fused-ring (bicyclic) bond motifs is 1. The summed E-state index contributed by atoms with van der Waals surface area (Å²) >= 11 is 0. The summed E-state index contributed by atoms with van der Waals surface area (Å²) in [5, 5.41) is 13.8. The molecule has 0 bridgehead atoms. The van der Waals surface area contributed by atoms with E-state index in [1.165, 1.54) is 5.56 Å². The molecule has 3 aromatic rings. The minimum Gasteiger partial charge on any atom is -0.297 e. The fraction of sp³-hybridized carbons (Fsp3) is 0.273. The van der Waals surface area contributed by atoms with Crippen molar-refractivity contribution in [3.8, 4) is 11.5 Å². The van der Waals surface area contributed by atoms with Gasteiger partial charge in [0.15, 0.2) is 5.82 Å². The second-order valence-electron chi connectivity index (χ2n) is 4.24. The van der Waals surface area contributed by atoms with Crippen LogP contribution >= 0.6 is 0 Å². The van der Waals surface area contributed by atoms with Gasteiger partial charge in [-0.05, 0) is 28.0 Å². The number of pyridine rings is 1. The molecule has 0 unspecified atom stereocenters. The highest BCUT2D eigenvalue weighted by molar-refractivity contribution is 5.56. The summed E-state index contributed by atoms with van der Waals surface area (Å²) in [5.41, 5.74) is 3.01. The number of nitrogens with zero attached hydrogens (tertiary/aromatic N) is 5. The molecular formula is C11H12N6. The van der Waals surface area contributed by atoms with Gasteiger partial charge in [0, 0.05) is 6.20 Å². The van der Waals surface area contributed by atoms with Gasteiger partial charge in [0.2, 0.25) is 0 Å². The number of aromatic nitrogens is 6. The highest BCUT2D eigenvalue weighted by atomic mass is 15.5. The third-order valence-corrected chi connectivity index (χ3v) is 2.78. The number of imidazole rings is 1. The minimum absolute atomic E-state index is 0.475. The van der Waals surface area contributed by atoms with E-state index < -0.39 is 0 Å². The van der Waals surface area contributed by atoms with Gasteiger partial charge in [-0.15, -0.1) is 5.10 Å². The van der Waals surface area contributed by atoms with Crippen LogP contribution in [0.5, 0.6) is 0 Å². The maximum absolute atomic E-state index is 4.32. The molecule has 3 aromatic heterocycles. The van der Waals surface area contributed by atoms with Crippen LogP contribution in [0.15, 0.2) is 24.5 Å². The molecule has 86 valence electrons. The molecule has 6 nitrogen and oxygen atoms in total. The Kier molecular flexibility index (Phi) is 2.14. The Labute approximate surface area is 97.7 Å². The maximum atomic E-state index is 4.32. The SMILES string of the molecule is CC(C)c1ccc2ncc(-c3nnn[nH]3)n2c1. The van der Waals surface area contributed by atoms with Gasteiger partial charge in [-0.2, -0.15) is 0 Å². The Morgan fingerprint density at radius 2 is 2.18 bits per heavy atom. The first-order chi connectivity index (χ1) is 8.25. The fourth-order valence-electron chi connectivity index (χ4n) is 1.78. The van der Waals surface area contributed by atoms with Gasteiger partial charge in [0.25, 0.3) is 0 Å². The summed E-state index contributed by atoms with van der Waals surface area (Å²) in [6.07, 6.45) is 3.84. The van der Waals surface area contributed by atoms with E-state index in [1.807, 2.05) is 10.5 Å². The van der Waals surface area contributed by atoms with Crippen molar-refractivity contribution in [3.63, 3.8) is 0 Å². The molecule has 0 saturated heterocycles. The number of hydrogen-bond donors (Lipinski definition) is 1. The Hall–Kier alpha value is -2.24. The second-order valence-corrected chi connectivity index (χ2v) is 4.24. The van der Waals surface area contributed by atoms with Crippen molar-refractivity contribution in [2.75, 3.05) is 0 Å². The van der Waals surface area contributed by atoms with Crippen LogP contribution < -0.4 is 0 Å². The molecule has 0 aliphatic rings. The van der Waals surface area contributed by atoms with Crippen molar-refractivity contribution in [2.24, 2.45) is 0 Å². The summed E-state index contributed by atoms with van der Waals surface area (Å²) in [5.74, 6) is 1.10. The van der Waals surface area contributed by atoms with Crippen LogP contribution in [0.4, 0.5) is 0 Å². The zero-order chi connectivity index (χ0) is 11.8. The van der Waals surface area contributed by atoms with Crippen molar-refractivity contribution in [1.29, 1.82) is 0 Å². The third kappa shape index (κ3) is 1.57. The van der Waals surface area contributed by atoms with E-state index in [-0.39, 0.29) is 0 Å². The summed E-state index contributed by atoms with van der Waals surface area (Å²) < 4.78 is 2.00. The molecule has 0 aliphatic heterocycles. The zero-order valence-corrected chi connectivity index (χ0v) is 9.62. The molecule has 1 N–H and O–H groups in total. The molecule has 0 aliphatic carbocycles. The molecule has 0 spiro atoms. The van der Waals surface area contributed by atoms with Crippen molar-refractivity contribution in [1.82, 2.24) is 30.0 Å². The molecule has 0 fully saturated rings. The Morgan fingerprint density at radius 1 is 1.29 bits per heavy atom. The van der Waals surface area contributed by atoms with E-state index >= 15 is 0 Å². The third-order valence-electron chi connectivity index (χ3n) is 2.78. The smallest absolute Gasteiger partial charge is 0.198 e. The fourth-order valence-corrected chi connectivity index (χ4v) is 1.78. The van der Waals surface area contributed by atoms with Crippen LogP contribution in [0.2, 0.25) is 0 Å². The Morgan fingerprint density at radius 3 is 2.88 bits per heavy atom. The highest BCUT2D eigenvalue weighted by Gasteiger charge is 2.10.